The van der Waals surface area contributed by atoms with Crippen molar-refractivity contribution in [1.82, 2.24) is 0 Å². The summed E-state index contributed by atoms with van der Waals surface area (Å²) in [7, 11) is -3.99. The van der Waals surface area contributed by atoms with Gasteiger partial charge in [-0.15, -0.1) is 0 Å². The van der Waals surface area contributed by atoms with Crippen LogP contribution in [0.5, 0.6) is 0 Å². The van der Waals surface area contributed by atoms with E-state index in [4.69, 9.17) is 5.73 Å². The summed E-state index contributed by atoms with van der Waals surface area (Å²) in [5, 5.41) is 0. The summed E-state index contributed by atoms with van der Waals surface area (Å²) < 4.78 is 42.1. The number of sulfone groups is 1. The average molecular weight is 446 g/mol. The molecule has 6 heteroatoms. The molecule has 0 atom stereocenters. The number of nitrogens with two attached hydrogens (primary N) is 1. The van der Waals surface area contributed by atoms with Crippen molar-refractivity contribution in [2.24, 2.45) is 5.73 Å². The lowest BCUT2D eigenvalue weighted by molar-refractivity contribution is 0.100. The van der Waals surface area contributed by atoms with Crippen LogP contribution in [0.4, 0.5) is 4.39 Å². The van der Waals surface area contributed by atoms with Gasteiger partial charge in [-0.2, -0.15) is 0 Å². The largest absolute Gasteiger partial charge is 0.366 e. The molecule has 0 spiro atoms. The van der Waals surface area contributed by atoms with Gasteiger partial charge in [0, 0.05) is 16.7 Å². The third-order valence-corrected chi connectivity index (χ3v) is 7.08. The van der Waals surface area contributed by atoms with Crippen LogP contribution in [0, 0.1) is 12.7 Å². The first-order chi connectivity index (χ1) is 15.3. The third-order valence-electron chi connectivity index (χ3n) is 5.27. The predicted octanol–water partition coefficient (Wildman–Crippen LogP) is 5.40. The summed E-state index contributed by atoms with van der Waals surface area (Å²) in [6.07, 6.45) is 0. The van der Waals surface area contributed by atoms with Gasteiger partial charge >= 0.3 is 0 Å². The lowest BCUT2D eigenvalue weighted by atomic mass is 9.91. The molecule has 4 aromatic carbocycles. The maximum atomic E-state index is 14.8. The highest BCUT2D eigenvalue weighted by molar-refractivity contribution is 7.91. The maximum absolute atomic E-state index is 14.8. The van der Waals surface area contributed by atoms with Crippen molar-refractivity contribution in [2.75, 3.05) is 0 Å². The Balaban J connectivity index is 2.11. The first-order valence-corrected chi connectivity index (χ1v) is 11.4. The molecule has 0 heterocycles. The average Bonchev–Trinajstić information content (AvgIpc) is 2.79. The van der Waals surface area contributed by atoms with E-state index < -0.39 is 21.6 Å². The molecular weight excluding hydrogens is 425 g/mol. The zero-order chi connectivity index (χ0) is 22.9. The van der Waals surface area contributed by atoms with Crippen LogP contribution in [0.1, 0.15) is 15.9 Å². The van der Waals surface area contributed by atoms with Crippen LogP contribution in [-0.2, 0) is 9.84 Å². The lowest BCUT2D eigenvalue weighted by Gasteiger charge is -2.18. The van der Waals surface area contributed by atoms with E-state index in [1.165, 1.54) is 30.3 Å². The van der Waals surface area contributed by atoms with Gasteiger partial charge in [-0.1, -0.05) is 66.2 Å². The number of carbonyl (C=O) groups is 1. The van der Waals surface area contributed by atoms with E-state index >= 15 is 0 Å². The van der Waals surface area contributed by atoms with Gasteiger partial charge in [0.25, 0.3) is 0 Å². The van der Waals surface area contributed by atoms with Crippen molar-refractivity contribution in [3.63, 3.8) is 0 Å². The van der Waals surface area contributed by atoms with Gasteiger partial charge in [-0.3, -0.25) is 4.79 Å². The van der Waals surface area contributed by atoms with E-state index in [1.54, 1.807) is 60.7 Å². The second-order valence-corrected chi connectivity index (χ2v) is 9.30. The van der Waals surface area contributed by atoms with E-state index in [9.17, 15) is 17.6 Å². The fourth-order valence-corrected chi connectivity index (χ4v) is 5.19. The number of benzene rings is 4. The van der Waals surface area contributed by atoms with Gasteiger partial charge in [0.05, 0.1) is 9.79 Å². The molecule has 0 radical (unpaired) electrons. The van der Waals surface area contributed by atoms with E-state index in [0.29, 0.717) is 11.1 Å². The zero-order valence-electron chi connectivity index (χ0n) is 17.2. The van der Waals surface area contributed by atoms with Gasteiger partial charge in [0.15, 0.2) is 0 Å². The van der Waals surface area contributed by atoms with Crippen LogP contribution in [0.15, 0.2) is 101 Å². The van der Waals surface area contributed by atoms with Crippen molar-refractivity contribution in [2.45, 2.75) is 16.7 Å². The summed E-state index contributed by atoms with van der Waals surface area (Å²) in [4.78, 5) is 12.2. The molecule has 4 rings (SSSR count). The third kappa shape index (κ3) is 3.81. The minimum atomic E-state index is -3.99. The molecule has 2 N–H and O–H groups in total. The molecule has 0 unspecified atom stereocenters. The molecule has 0 aromatic heterocycles. The van der Waals surface area contributed by atoms with Crippen LogP contribution in [0.2, 0.25) is 0 Å². The Morgan fingerprint density at radius 2 is 1.34 bits per heavy atom. The lowest BCUT2D eigenvalue weighted by Crippen LogP contribution is -2.13. The topological polar surface area (TPSA) is 77.2 Å². The van der Waals surface area contributed by atoms with Gasteiger partial charge in [-0.05, 0) is 48.4 Å². The highest BCUT2D eigenvalue weighted by atomic mass is 32.2. The summed E-state index contributed by atoms with van der Waals surface area (Å²) in [5.74, 6) is -1.21. The smallest absolute Gasteiger partial charge is 0.249 e. The number of hydrogen-bond donors (Lipinski definition) is 1. The molecule has 4 aromatic rings. The summed E-state index contributed by atoms with van der Waals surface area (Å²) in [6.45, 7) is 1.86. The minimum Gasteiger partial charge on any atom is -0.366 e. The second-order valence-electron chi connectivity index (χ2n) is 7.38. The van der Waals surface area contributed by atoms with Crippen molar-refractivity contribution >= 4 is 15.7 Å². The Kier molecular flexibility index (Phi) is 5.63. The quantitative estimate of drug-likeness (QED) is 0.447. The van der Waals surface area contributed by atoms with E-state index in [-0.39, 0.29) is 26.5 Å². The number of halogens is 1. The molecule has 0 aliphatic heterocycles. The second kappa shape index (κ2) is 8.40. The van der Waals surface area contributed by atoms with Gasteiger partial charge in [0.2, 0.25) is 15.7 Å². The molecule has 4 nitrogen and oxygen atoms in total. The Labute approximate surface area is 186 Å². The summed E-state index contributed by atoms with van der Waals surface area (Å²) >= 11 is 0. The number of rotatable bonds is 5. The van der Waals surface area contributed by atoms with E-state index in [2.05, 4.69) is 0 Å². The zero-order valence-corrected chi connectivity index (χ0v) is 18.1. The minimum absolute atomic E-state index is 0.0317. The Bertz CT molecular complexity index is 1430. The van der Waals surface area contributed by atoms with Crippen LogP contribution >= 0.6 is 0 Å². The number of aryl methyl sites for hydroxylation is 1. The number of hydrogen-bond acceptors (Lipinski definition) is 3. The highest BCUT2D eigenvalue weighted by Crippen LogP contribution is 2.41. The first-order valence-electron chi connectivity index (χ1n) is 9.89. The standard InChI is InChI=1S/C26H20FNO3S/c1-17-13-15-18(16-14-17)32(30,31)24-12-6-10-20(19-7-4-5-11-23(19)27)25(24)21-8-2-3-9-22(21)26(28)29/h2-16H,1H3,(H2,28,29). The van der Waals surface area contributed by atoms with E-state index in [0.717, 1.165) is 5.56 Å². The molecular formula is C26H20FNO3S. The Morgan fingerprint density at radius 1 is 0.750 bits per heavy atom. The van der Waals surface area contributed by atoms with E-state index in [1.807, 2.05) is 6.92 Å². The normalized spacial score (nSPS) is 11.3. The maximum Gasteiger partial charge on any atom is 0.249 e. The Morgan fingerprint density at radius 3 is 2.00 bits per heavy atom. The van der Waals surface area contributed by atoms with Crippen LogP contribution < -0.4 is 5.73 Å². The molecule has 0 saturated carbocycles. The molecule has 0 aliphatic rings. The number of carbonyl (C=O) groups excluding carboxylic acids is 1. The highest BCUT2D eigenvalue weighted by Gasteiger charge is 2.27. The molecule has 0 saturated heterocycles. The van der Waals surface area contributed by atoms with Crippen molar-refractivity contribution in [1.29, 1.82) is 0 Å². The van der Waals surface area contributed by atoms with Crippen LogP contribution in [0.25, 0.3) is 22.3 Å². The van der Waals surface area contributed by atoms with Crippen molar-refractivity contribution < 1.29 is 17.6 Å². The van der Waals surface area contributed by atoms with Crippen LogP contribution in [-0.4, -0.2) is 14.3 Å². The molecule has 32 heavy (non-hydrogen) atoms. The number of primary amides is 1. The molecule has 1 amide bonds. The number of amides is 1. The molecule has 0 bridgehead atoms. The van der Waals surface area contributed by atoms with Gasteiger partial charge < -0.3 is 5.73 Å². The van der Waals surface area contributed by atoms with Crippen molar-refractivity contribution in [3.8, 4) is 22.3 Å². The first kappa shape index (κ1) is 21.5. The van der Waals surface area contributed by atoms with Gasteiger partial charge in [0.1, 0.15) is 5.82 Å². The van der Waals surface area contributed by atoms with Crippen LogP contribution in [0.3, 0.4) is 0 Å². The predicted molar refractivity (Wildman–Crippen MR) is 122 cm³/mol. The molecule has 160 valence electrons. The summed E-state index contributed by atoms with van der Waals surface area (Å²) in [6, 6.07) is 23.7. The SMILES string of the molecule is Cc1ccc(S(=O)(=O)c2cccc(-c3ccccc3F)c2-c2ccccc2C(N)=O)cc1. The molecule has 0 aliphatic carbocycles. The fourth-order valence-electron chi connectivity index (χ4n) is 3.70. The van der Waals surface area contributed by atoms with Crippen molar-refractivity contribution in [3.05, 3.63) is 108 Å². The van der Waals surface area contributed by atoms with Gasteiger partial charge in [-0.25, -0.2) is 12.8 Å². The fraction of sp³-hybridized carbons (Fsp3) is 0.0385. The monoisotopic (exact) mass is 445 g/mol. The Hall–Kier alpha value is -3.77. The summed E-state index contributed by atoms with van der Waals surface area (Å²) in [5.41, 5.74) is 7.79. The molecule has 0 fully saturated rings.